The van der Waals surface area contributed by atoms with E-state index in [2.05, 4.69) is 25.2 Å². The van der Waals surface area contributed by atoms with Crippen LogP contribution in [-0.2, 0) is 6.54 Å². The molecule has 0 atom stereocenters. The lowest BCUT2D eigenvalue weighted by molar-refractivity contribution is 0.0746. The second-order valence-electron chi connectivity index (χ2n) is 6.51. The molecule has 9 heteroatoms. The van der Waals surface area contributed by atoms with Crippen molar-refractivity contribution < 1.29 is 9.53 Å². The highest BCUT2D eigenvalue weighted by atomic mass is 16.5. The molecule has 1 fully saturated rings. The van der Waals surface area contributed by atoms with Crippen LogP contribution >= 0.6 is 0 Å². The molecule has 3 aromatic rings. The maximum atomic E-state index is 12.8. The van der Waals surface area contributed by atoms with Crippen molar-refractivity contribution in [2.45, 2.75) is 20.4 Å². The number of amides is 1. The number of fused-ring (bicyclic) bond motifs is 1. The molecule has 0 spiro atoms. The highest BCUT2D eigenvalue weighted by Gasteiger charge is 2.25. The minimum Gasteiger partial charge on any atom is -0.494 e. The first-order valence-corrected chi connectivity index (χ1v) is 9.52. The van der Waals surface area contributed by atoms with Gasteiger partial charge in [0.25, 0.3) is 5.91 Å². The van der Waals surface area contributed by atoms with Gasteiger partial charge in [-0.3, -0.25) is 4.79 Å². The lowest BCUT2D eigenvalue weighted by Gasteiger charge is -2.35. The van der Waals surface area contributed by atoms with E-state index in [1.807, 2.05) is 43.0 Å². The fraction of sp³-hybridized carbons (Fsp3) is 0.421. The van der Waals surface area contributed by atoms with Crippen molar-refractivity contribution in [3.8, 4) is 5.75 Å². The Hall–Kier alpha value is -3.23. The molecule has 0 bridgehead atoms. The van der Waals surface area contributed by atoms with Gasteiger partial charge in [0.15, 0.2) is 17.0 Å². The van der Waals surface area contributed by atoms with E-state index in [1.165, 1.54) is 0 Å². The van der Waals surface area contributed by atoms with Gasteiger partial charge in [-0.05, 0) is 38.1 Å². The molecule has 0 aliphatic carbocycles. The number of piperazine rings is 1. The Morgan fingerprint density at radius 3 is 2.50 bits per heavy atom. The number of ether oxygens (including phenoxy) is 1. The fourth-order valence-electron chi connectivity index (χ4n) is 3.39. The van der Waals surface area contributed by atoms with Crippen molar-refractivity contribution in [3.05, 3.63) is 36.2 Å². The summed E-state index contributed by atoms with van der Waals surface area (Å²) in [5.74, 6) is 1.59. The molecule has 9 nitrogen and oxygen atoms in total. The van der Waals surface area contributed by atoms with Crippen molar-refractivity contribution in [3.63, 3.8) is 0 Å². The van der Waals surface area contributed by atoms with E-state index in [1.54, 1.807) is 11.0 Å². The number of hydrogen-bond donors (Lipinski definition) is 0. The molecular formula is C19H23N7O2. The monoisotopic (exact) mass is 381 g/mol. The summed E-state index contributed by atoms with van der Waals surface area (Å²) in [5, 5.41) is 8.38. The van der Waals surface area contributed by atoms with Crippen LogP contribution in [0.25, 0.3) is 11.2 Å². The molecule has 0 saturated carbocycles. The molecule has 1 amide bonds. The third-order valence-corrected chi connectivity index (χ3v) is 4.86. The minimum absolute atomic E-state index is 0.0347. The molecule has 1 aliphatic rings. The van der Waals surface area contributed by atoms with Gasteiger partial charge in [0.05, 0.1) is 6.61 Å². The summed E-state index contributed by atoms with van der Waals surface area (Å²) in [6.07, 6.45) is 1.55. The predicted molar refractivity (Wildman–Crippen MR) is 105 cm³/mol. The van der Waals surface area contributed by atoms with Crippen molar-refractivity contribution >= 4 is 22.9 Å². The van der Waals surface area contributed by atoms with Crippen molar-refractivity contribution in [1.29, 1.82) is 0 Å². The van der Waals surface area contributed by atoms with Crippen LogP contribution < -0.4 is 9.64 Å². The molecule has 146 valence electrons. The van der Waals surface area contributed by atoms with Gasteiger partial charge < -0.3 is 14.5 Å². The van der Waals surface area contributed by atoms with Gasteiger partial charge in [0.1, 0.15) is 12.1 Å². The van der Waals surface area contributed by atoms with Crippen LogP contribution in [0.5, 0.6) is 5.75 Å². The van der Waals surface area contributed by atoms with Gasteiger partial charge in [-0.25, -0.2) is 14.6 Å². The highest BCUT2D eigenvalue weighted by Crippen LogP contribution is 2.22. The van der Waals surface area contributed by atoms with Gasteiger partial charge in [0.2, 0.25) is 0 Å². The summed E-state index contributed by atoms with van der Waals surface area (Å²) in [5.41, 5.74) is 2.11. The molecule has 2 aromatic heterocycles. The zero-order valence-corrected chi connectivity index (χ0v) is 16.1. The standard InChI is InChI=1S/C19H23N7O2/c1-3-26-18-16(22-23-26)17(20-13-21-18)24-9-11-25(12-10-24)19(27)14-5-7-15(8-6-14)28-4-2/h5-8,13H,3-4,9-12H2,1-2H3. The number of carbonyl (C=O) groups is 1. The minimum atomic E-state index is 0.0347. The van der Waals surface area contributed by atoms with Crippen molar-refractivity contribution in [1.82, 2.24) is 29.9 Å². The van der Waals surface area contributed by atoms with Crippen molar-refractivity contribution in [2.75, 3.05) is 37.7 Å². The van der Waals surface area contributed by atoms with E-state index in [4.69, 9.17) is 4.74 Å². The number of aryl methyl sites for hydroxylation is 1. The summed E-state index contributed by atoms with van der Waals surface area (Å²) in [6, 6.07) is 7.30. The van der Waals surface area contributed by atoms with Crippen LogP contribution in [0.1, 0.15) is 24.2 Å². The predicted octanol–water partition coefficient (Wildman–Crippen LogP) is 1.60. The first-order valence-electron chi connectivity index (χ1n) is 9.52. The van der Waals surface area contributed by atoms with Crippen LogP contribution in [0.15, 0.2) is 30.6 Å². The molecule has 28 heavy (non-hydrogen) atoms. The number of nitrogens with zero attached hydrogens (tertiary/aromatic N) is 7. The third-order valence-electron chi connectivity index (χ3n) is 4.86. The first-order chi connectivity index (χ1) is 13.7. The van der Waals surface area contributed by atoms with E-state index in [0.29, 0.717) is 50.4 Å². The maximum Gasteiger partial charge on any atom is 0.253 e. The second-order valence-corrected chi connectivity index (χ2v) is 6.51. The summed E-state index contributed by atoms with van der Waals surface area (Å²) < 4.78 is 7.19. The Morgan fingerprint density at radius 1 is 1.07 bits per heavy atom. The van der Waals surface area contributed by atoms with E-state index in [0.717, 1.165) is 17.2 Å². The average molecular weight is 381 g/mol. The molecule has 4 rings (SSSR count). The highest BCUT2D eigenvalue weighted by molar-refractivity contribution is 5.94. The van der Waals surface area contributed by atoms with Crippen LogP contribution in [0.4, 0.5) is 5.82 Å². The average Bonchev–Trinajstić information content (AvgIpc) is 3.17. The summed E-state index contributed by atoms with van der Waals surface area (Å²) in [7, 11) is 0. The topological polar surface area (TPSA) is 89.3 Å². The molecule has 0 radical (unpaired) electrons. The summed E-state index contributed by atoms with van der Waals surface area (Å²) in [6.45, 7) is 7.88. The van der Waals surface area contributed by atoms with Crippen LogP contribution in [-0.4, -0.2) is 68.6 Å². The Kier molecular flexibility index (Phi) is 5.05. The largest absolute Gasteiger partial charge is 0.494 e. The van der Waals surface area contributed by atoms with Gasteiger partial charge >= 0.3 is 0 Å². The molecule has 1 saturated heterocycles. The molecule has 0 N–H and O–H groups in total. The lowest BCUT2D eigenvalue weighted by atomic mass is 10.1. The Morgan fingerprint density at radius 2 is 1.82 bits per heavy atom. The fourth-order valence-corrected chi connectivity index (χ4v) is 3.39. The molecule has 0 unspecified atom stereocenters. The second kappa shape index (κ2) is 7.79. The lowest BCUT2D eigenvalue weighted by Crippen LogP contribution is -2.49. The number of hydrogen-bond acceptors (Lipinski definition) is 7. The Bertz CT molecular complexity index is 962. The van der Waals surface area contributed by atoms with Crippen molar-refractivity contribution in [2.24, 2.45) is 0 Å². The smallest absolute Gasteiger partial charge is 0.253 e. The number of aromatic nitrogens is 5. The summed E-state index contributed by atoms with van der Waals surface area (Å²) >= 11 is 0. The number of anilines is 1. The van der Waals surface area contributed by atoms with E-state index >= 15 is 0 Å². The normalized spacial score (nSPS) is 14.5. The van der Waals surface area contributed by atoms with Gasteiger partial charge in [-0.15, -0.1) is 5.10 Å². The van der Waals surface area contributed by atoms with E-state index in [-0.39, 0.29) is 5.91 Å². The Balaban J connectivity index is 1.45. The molecular weight excluding hydrogens is 358 g/mol. The van der Waals surface area contributed by atoms with Gasteiger partial charge in [-0.1, -0.05) is 5.21 Å². The zero-order chi connectivity index (χ0) is 19.5. The Labute approximate surface area is 162 Å². The molecule has 3 heterocycles. The maximum absolute atomic E-state index is 12.8. The molecule has 1 aliphatic heterocycles. The number of rotatable bonds is 5. The number of benzene rings is 1. The van der Waals surface area contributed by atoms with Gasteiger partial charge in [0, 0.05) is 38.3 Å². The van der Waals surface area contributed by atoms with Crippen LogP contribution in [0, 0.1) is 0 Å². The quantitative estimate of drug-likeness (QED) is 0.663. The first kappa shape index (κ1) is 18.1. The third kappa shape index (κ3) is 3.35. The molecule has 1 aromatic carbocycles. The summed E-state index contributed by atoms with van der Waals surface area (Å²) in [4.78, 5) is 25.5. The van der Waals surface area contributed by atoms with Crippen LogP contribution in [0.2, 0.25) is 0 Å². The van der Waals surface area contributed by atoms with E-state index < -0.39 is 0 Å². The van der Waals surface area contributed by atoms with E-state index in [9.17, 15) is 4.79 Å². The SMILES string of the molecule is CCOc1ccc(C(=O)N2CCN(c3ncnc4c3nnn4CC)CC2)cc1. The zero-order valence-electron chi connectivity index (χ0n) is 16.1. The van der Waals surface area contributed by atoms with Gasteiger partial charge in [-0.2, -0.15) is 0 Å². The number of carbonyl (C=O) groups excluding carboxylic acids is 1. The van der Waals surface area contributed by atoms with Crippen LogP contribution in [0.3, 0.4) is 0 Å².